The van der Waals surface area contributed by atoms with Gasteiger partial charge in [-0.05, 0) is 55.9 Å². The zero-order chi connectivity index (χ0) is 14.6. The number of carbonyl (C=O) groups is 1. The molecular weight excluding hydrogens is 240 g/mol. The molecule has 0 aliphatic rings. The fraction of sp³-hybridized carbons (Fsp3) is 0.562. The summed E-state index contributed by atoms with van der Waals surface area (Å²) in [6, 6.07) is 4.12. The van der Waals surface area contributed by atoms with Crippen molar-refractivity contribution in [2.45, 2.75) is 41.0 Å². The van der Waals surface area contributed by atoms with Gasteiger partial charge in [0, 0.05) is 0 Å². The third-order valence-electron chi connectivity index (χ3n) is 3.60. The molecule has 0 saturated carbocycles. The molecule has 3 heteroatoms. The maximum absolute atomic E-state index is 11.1. The van der Waals surface area contributed by atoms with Crippen LogP contribution in [0.1, 0.15) is 37.0 Å². The molecule has 0 heterocycles. The summed E-state index contributed by atoms with van der Waals surface area (Å²) >= 11 is 0. The van der Waals surface area contributed by atoms with Crippen LogP contribution in [0.4, 0.5) is 0 Å². The Balaban J connectivity index is 2.62. The van der Waals surface area contributed by atoms with Crippen LogP contribution in [0.3, 0.4) is 0 Å². The van der Waals surface area contributed by atoms with Crippen LogP contribution in [0.2, 0.25) is 0 Å². The standard InChI is InChI=1S/C16H24O3/c1-10(2)14(16(17)18)6-7-19-15-9-12(4)11(3)8-13(15)5/h8-10,14H,6-7H2,1-5H3,(H,17,18). The van der Waals surface area contributed by atoms with Gasteiger partial charge in [0.15, 0.2) is 0 Å². The molecule has 0 aliphatic heterocycles. The molecule has 1 aromatic carbocycles. The lowest BCUT2D eigenvalue weighted by Gasteiger charge is -2.17. The van der Waals surface area contributed by atoms with Crippen molar-refractivity contribution in [2.75, 3.05) is 6.61 Å². The van der Waals surface area contributed by atoms with Crippen LogP contribution in [0, 0.1) is 32.6 Å². The van der Waals surface area contributed by atoms with Crippen molar-refractivity contribution in [3.05, 3.63) is 28.8 Å². The fourth-order valence-corrected chi connectivity index (χ4v) is 2.13. The third kappa shape index (κ3) is 4.27. The fourth-order valence-electron chi connectivity index (χ4n) is 2.13. The number of rotatable bonds is 6. The highest BCUT2D eigenvalue weighted by atomic mass is 16.5. The first-order valence-corrected chi connectivity index (χ1v) is 6.76. The largest absolute Gasteiger partial charge is 0.493 e. The first kappa shape index (κ1) is 15.5. The van der Waals surface area contributed by atoms with Gasteiger partial charge in [0.2, 0.25) is 0 Å². The Hall–Kier alpha value is -1.51. The smallest absolute Gasteiger partial charge is 0.306 e. The summed E-state index contributed by atoms with van der Waals surface area (Å²) in [7, 11) is 0. The second-order valence-corrected chi connectivity index (χ2v) is 5.53. The number of carboxylic acids is 1. The van der Waals surface area contributed by atoms with Crippen molar-refractivity contribution in [1.29, 1.82) is 0 Å². The van der Waals surface area contributed by atoms with Crippen LogP contribution < -0.4 is 4.74 Å². The summed E-state index contributed by atoms with van der Waals surface area (Å²) in [5.41, 5.74) is 3.54. The zero-order valence-corrected chi connectivity index (χ0v) is 12.5. The van der Waals surface area contributed by atoms with Gasteiger partial charge in [-0.3, -0.25) is 4.79 Å². The quantitative estimate of drug-likeness (QED) is 0.851. The van der Waals surface area contributed by atoms with E-state index >= 15 is 0 Å². The summed E-state index contributed by atoms with van der Waals surface area (Å²) in [6.45, 7) is 10.4. The number of benzene rings is 1. The molecule has 106 valence electrons. The molecule has 1 atom stereocenters. The predicted octanol–water partition coefficient (Wildman–Crippen LogP) is 3.74. The minimum atomic E-state index is -0.740. The van der Waals surface area contributed by atoms with E-state index in [4.69, 9.17) is 9.84 Å². The third-order valence-corrected chi connectivity index (χ3v) is 3.60. The van der Waals surface area contributed by atoms with E-state index in [-0.39, 0.29) is 11.8 Å². The Morgan fingerprint density at radius 2 is 1.74 bits per heavy atom. The van der Waals surface area contributed by atoms with Crippen molar-refractivity contribution >= 4 is 5.97 Å². The number of ether oxygens (including phenoxy) is 1. The molecule has 0 aliphatic carbocycles. The van der Waals surface area contributed by atoms with E-state index in [9.17, 15) is 4.79 Å². The van der Waals surface area contributed by atoms with E-state index in [2.05, 4.69) is 19.9 Å². The number of hydrogen-bond donors (Lipinski definition) is 1. The van der Waals surface area contributed by atoms with Crippen LogP contribution in [-0.4, -0.2) is 17.7 Å². The van der Waals surface area contributed by atoms with E-state index in [0.29, 0.717) is 13.0 Å². The summed E-state index contributed by atoms with van der Waals surface area (Å²) in [5, 5.41) is 9.12. The van der Waals surface area contributed by atoms with Gasteiger partial charge in [-0.15, -0.1) is 0 Å². The molecule has 0 radical (unpaired) electrons. The number of aliphatic carboxylic acids is 1. The second-order valence-electron chi connectivity index (χ2n) is 5.53. The van der Waals surface area contributed by atoms with Crippen molar-refractivity contribution in [3.8, 4) is 5.75 Å². The van der Waals surface area contributed by atoms with Crippen molar-refractivity contribution in [2.24, 2.45) is 11.8 Å². The number of hydrogen-bond acceptors (Lipinski definition) is 2. The minimum Gasteiger partial charge on any atom is -0.493 e. The molecular formula is C16H24O3. The number of carboxylic acid groups (broad SMARTS) is 1. The van der Waals surface area contributed by atoms with Crippen LogP contribution >= 0.6 is 0 Å². The van der Waals surface area contributed by atoms with Crippen LogP contribution in [-0.2, 0) is 4.79 Å². The Morgan fingerprint density at radius 3 is 2.26 bits per heavy atom. The van der Waals surface area contributed by atoms with Gasteiger partial charge < -0.3 is 9.84 Å². The molecule has 1 N–H and O–H groups in total. The predicted molar refractivity (Wildman–Crippen MR) is 76.7 cm³/mol. The van der Waals surface area contributed by atoms with Gasteiger partial charge in [0.25, 0.3) is 0 Å². The summed E-state index contributed by atoms with van der Waals surface area (Å²) < 4.78 is 5.74. The zero-order valence-electron chi connectivity index (χ0n) is 12.5. The van der Waals surface area contributed by atoms with Crippen molar-refractivity contribution in [3.63, 3.8) is 0 Å². The maximum Gasteiger partial charge on any atom is 0.306 e. The highest BCUT2D eigenvalue weighted by molar-refractivity contribution is 5.70. The van der Waals surface area contributed by atoms with E-state index in [1.165, 1.54) is 11.1 Å². The topological polar surface area (TPSA) is 46.5 Å². The van der Waals surface area contributed by atoms with Crippen LogP contribution in [0.5, 0.6) is 5.75 Å². The van der Waals surface area contributed by atoms with Gasteiger partial charge in [0.05, 0.1) is 12.5 Å². The molecule has 3 nitrogen and oxygen atoms in total. The van der Waals surface area contributed by atoms with E-state index < -0.39 is 5.97 Å². The lowest BCUT2D eigenvalue weighted by Crippen LogP contribution is -2.22. The first-order valence-electron chi connectivity index (χ1n) is 6.76. The average molecular weight is 264 g/mol. The van der Waals surface area contributed by atoms with Crippen LogP contribution in [0.15, 0.2) is 12.1 Å². The second kappa shape index (κ2) is 6.60. The molecule has 1 aromatic rings. The Bertz CT molecular complexity index is 450. The lowest BCUT2D eigenvalue weighted by atomic mass is 9.93. The Kier molecular flexibility index (Phi) is 5.40. The van der Waals surface area contributed by atoms with Crippen molar-refractivity contribution < 1.29 is 14.6 Å². The molecule has 0 saturated heterocycles. The Morgan fingerprint density at radius 1 is 1.16 bits per heavy atom. The van der Waals surface area contributed by atoms with E-state index in [1.54, 1.807) is 0 Å². The minimum absolute atomic E-state index is 0.127. The molecule has 0 fully saturated rings. The van der Waals surface area contributed by atoms with E-state index in [1.807, 2.05) is 26.8 Å². The average Bonchev–Trinajstić information content (AvgIpc) is 2.29. The van der Waals surface area contributed by atoms with Gasteiger partial charge in [-0.2, -0.15) is 0 Å². The summed E-state index contributed by atoms with van der Waals surface area (Å²) in [5.74, 6) is -0.0970. The van der Waals surface area contributed by atoms with E-state index in [0.717, 1.165) is 11.3 Å². The SMILES string of the molecule is Cc1cc(C)c(OCCC(C(=O)O)C(C)C)cc1C. The highest BCUT2D eigenvalue weighted by Gasteiger charge is 2.21. The molecule has 1 rings (SSSR count). The first-order chi connectivity index (χ1) is 8.82. The van der Waals surface area contributed by atoms with Gasteiger partial charge in [0.1, 0.15) is 5.75 Å². The molecule has 0 amide bonds. The van der Waals surface area contributed by atoms with Crippen LogP contribution in [0.25, 0.3) is 0 Å². The molecule has 0 spiro atoms. The van der Waals surface area contributed by atoms with Gasteiger partial charge in [-0.1, -0.05) is 19.9 Å². The molecule has 19 heavy (non-hydrogen) atoms. The summed E-state index contributed by atoms with van der Waals surface area (Å²) in [4.78, 5) is 11.1. The maximum atomic E-state index is 11.1. The normalized spacial score (nSPS) is 12.5. The molecule has 1 unspecified atom stereocenters. The molecule has 0 bridgehead atoms. The number of aryl methyl sites for hydroxylation is 3. The lowest BCUT2D eigenvalue weighted by molar-refractivity contribution is -0.143. The summed E-state index contributed by atoms with van der Waals surface area (Å²) in [6.07, 6.45) is 0.541. The monoisotopic (exact) mass is 264 g/mol. The van der Waals surface area contributed by atoms with Gasteiger partial charge >= 0.3 is 5.97 Å². The highest BCUT2D eigenvalue weighted by Crippen LogP contribution is 2.23. The van der Waals surface area contributed by atoms with Gasteiger partial charge in [-0.25, -0.2) is 0 Å². The molecule has 0 aromatic heterocycles. The van der Waals surface area contributed by atoms with Crippen molar-refractivity contribution in [1.82, 2.24) is 0 Å². The Labute approximate surface area is 115 Å².